The number of amides is 1. The third-order valence-electron chi connectivity index (χ3n) is 3.60. The fourth-order valence-electron chi connectivity index (χ4n) is 2.48. The van der Waals surface area contributed by atoms with E-state index in [2.05, 4.69) is 10.5 Å². The number of nitrogens with zero attached hydrogens (tertiary/aromatic N) is 1. The summed E-state index contributed by atoms with van der Waals surface area (Å²) in [6.45, 7) is 0. The molecule has 0 fully saturated rings. The molecular formula is C19H16N2O3. The average Bonchev–Trinajstić information content (AvgIpc) is 2.57. The molecule has 3 N–H and O–H groups in total. The number of phenols is 2. The van der Waals surface area contributed by atoms with Crippen molar-refractivity contribution in [3.63, 3.8) is 0 Å². The number of phenolic OH excluding ortho intramolecular Hbond substituents is 2. The number of hydrazone groups is 1. The van der Waals surface area contributed by atoms with Gasteiger partial charge in [0.1, 0.15) is 11.5 Å². The van der Waals surface area contributed by atoms with Crippen LogP contribution >= 0.6 is 0 Å². The Morgan fingerprint density at radius 1 is 1.00 bits per heavy atom. The summed E-state index contributed by atoms with van der Waals surface area (Å²) in [5.74, 6) is 0.0509. The fourth-order valence-corrected chi connectivity index (χ4v) is 2.48. The lowest BCUT2D eigenvalue weighted by molar-refractivity contribution is -0.120. The quantitative estimate of drug-likeness (QED) is 0.510. The standard InChI is InChI=1S/C19H16N2O3/c22-15-5-3-4-13(10-15)11-19(24)21-20-12-14-8-9-18(23)17-7-2-1-6-16(14)17/h1-10,12,22-23H,11H2,(H,21,24)/b20-12+. The molecule has 0 radical (unpaired) electrons. The van der Waals surface area contributed by atoms with E-state index in [1.54, 1.807) is 36.5 Å². The molecule has 0 saturated carbocycles. The van der Waals surface area contributed by atoms with Gasteiger partial charge < -0.3 is 10.2 Å². The van der Waals surface area contributed by atoms with Crippen molar-refractivity contribution < 1.29 is 15.0 Å². The van der Waals surface area contributed by atoms with E-state index in [9.17, 15) is 15.0 Å². The second-order valence-corrected chi connectivity index (χ2v) is 5.36. The molecule has 0 saturated heterocycles. The molecule has 24 heavy (non-hydrogen) atoms. The molecular weight excluding hydrogens is 304 g/mol. The largest absolute Gasteiger partial charge is 0.508 e. The van der Waals surface area contributed by atoms with Gasteiger partial charge in [-0.25, -0.2) is 5.43 Å². The summed E-state index contributed by atoms with van der Waals surface area (Å²) in [5.41, 5.74) is 3.96. The summed E-state index contributed by atoms with van der Waals surface area (Å²) in [5, 5.41) is 24.8. The van der Waals surface area contributed by atoms with Gasteiger partial charge in [0.2, 0.25) is 5.91 Å². The Hall–Kier alpha value is -3.34. The third kappa shape index (κ3) is 3.52. The lowest BCUT2D eigenvalue weighted by atomic mass is 10.0. The highest BCUT2D eigenvalue weighted by molar-refractivity contribution is 6.02. The molecule has 5 nitrogen and oxygen atoms in total. The van der Waals surface area contributed by atoms with Gasteiger partial charge in [-0.1, -0.05) is 36.4 Å². The lowest BCUT2D eigenvalue weighted by Gasteiger charge is -2.04. The van der Waals surface area contributed by atoms with Crippen LogP contribution in [0.5, 0.6) is 11.5 Å². The van der Waals surface area contributed by atoms with E-state index in [1.165, 1.54) is 6.07 Å². The van der Waals surface area contributed by atoms with E-state index in [0.717, 1.165) is 16.3 Å². The van der Waals surface area contributed by atoms with Crippen molar-refractivity contribution in [1.82, 2.24) is 5.43 Å². The number of carbonyl (C=O) groups is 1. The van der Waals surface area contributed by atoms with Crippen molar-refractivity contribution in [2.24, 2.45) is 5.10 Å². The summed E-state index contributed by atoms with van der Waals surface area (Å²) in [4.78, 5) is 11.9. The minimum atomic E-state index is -0.278. The van der Waals surface area contributed by atoms with Crippen LogP contribution in [0.15, 0.2) is 65.8 Å². The number of hydrogen-bond donors (Lipinski definition) is 3. The predicted octanol–water partition coefficient (Wildman–Crippen LogP) is 2.94. The van der Waals surface area contributed by atoms with Gasteiger partial charge in [-0.05, 0) is 35.2 Å². The first kappa shape index (κ1) is 15.6. The molecule has 0 aliphatic rings. The van der Waals surface area contributed by atoms with Gasteiger partial charge in [-0.3, -0.25) is 4.79 Å². The number of hydrogen-bond acceptors (Lipinski definition) is 4. The predicted molar refractivity (Wildman–Crippen MR) is 93.2 cm³/mol. The maximum absolute atomic E-state index is 11.9. The van der Waals surface area contributed by atoms with Gasteiger partial charge in [0.25, 0.3) is 0 Å². The Morgan fingerprint density at radius 2 is 1.79 bits per heavy atom. The zero-order valence-electron chi connectivity index (χ0n) is 12.8. The number of carbonyl (C=O) groups excluding carboxylic acids is 1. The smallest absolute Gasteiger partial charge is 0.244 e. The number of fused-ring (bicyclic) bond motifs is 1. The molecule has 0 heterocycles. The molecule has 0 spiro atoms. The highest BCUT2D eigenvalue weighted by Gasteiger charge is 2.04. The first-order chi connectivity index (χ1) is 11.6. The van der Waals surface area contributed by atoms with Crippen molar-refractivity contribution in [2.45, 2.75) is 6.42 Å². The zero-order chi connectivity index (χ0) is 16.9. The molecule has 3 aromatic carbocycles. The lowest BCUT2D eigenvalue weighted by Crippen LogP contribution is -2.19. The van der Waals surface area contributed by atoms with Crippen molar-refractivity contribution in [2.75, 3.05) is 0 Å². The minimum absolute atomic E-state index is 0.124. The zero-order valence-corrected chi connectivity index (χ0v) is 12.8. The second kappa shape index (κ2) is 6.83. The van der Waals surface area contributed by atoms with Crippen molar-refractivity contribution in [3.05, 3.63) is 71.8 Å². The normalized spacial score (nSPS) is 11.0. The van der Waals surface area contributed by atoms with E-state index in [1.807, 2.05) is 24.3 Å². The van der Waals surface area contributed by atoms with Crippen LogP contribution in [0.3, 0.4) is 0 Å². The van der Waals surface area contributed by atoms with E-state index < -0.39 is 0 Å². The summed E-state index contributed by atoms with van der Waals surface area (Å²) in [7, 11) is 0. The first-order valence-corrected chi connectivity index (χ1v) is 7.44. The summed E-state index contributed by atoms with van der Waals surface area (Å²) in [6.07, 6.45) is 1.67. The molecule has 5 heteroatoms. The molecule has 0 bridgehead atoms. The number of benzene rings is 3. The van der Waals surface area contributed by atoms with Crippen LogP contribution in [-0.4, -0.2) is 22.3 Å². The van der Waals surface area contributed by atoms with Crippen LogP contribution < -0.4 is 5.43 Å². The fraction of sp³-hybridized carbons (Fsp3) is 0.0526. The van der Waals surface area contributed by atoms with Crippen molar-refractivity contribution >= 4 is 22.9 Å². The Bertz CT molecular complexity index is 919. The molecule has 3 rings (SSSR count). The summed E-state index contributed by atoms with van der Waals surface area (Å²) < 4.78 is 0. The first-order valence-electron chi connectivity index (χ1n) is 7.44. The van der Waals surface area contributed by atoms with E-state index in [4.69, 9.17) is 0 Å². The van der Waals surface area contributed by atoms with Crippen LogP contribution in [0.2, 0.25) is 0 Å². The van der Waals surface area contributed by atoms with Crippen LogP contribution in [0, 0.1) is 0 Å². The third-order valence-corrected chi connectivity index (χ3v) is 3.60. The van der Waals surface area contributed by atoms with Crippen LogP contribution in [-0.2, 0) is 11.2 Å². The molecule has 0 aliphatic heterocycles. The molecule has 0 aromatic heterocycles. The van der Waals surface area contributed by atoms with E-state index >= 15 is 0 Å². The van der Waals surface area contributed by atoms with Gasteiger partial charge in [0.05, 0.1) is 12.6 Å². The Labute approximate surface area is 138 Å². The maximum atomic E-state index is 11.9. The molecule has 0 aliphatic carbocycles. The number of nitrogens with one attached hydrogen (secondary N) is 1. The highest BCUT2D eigenvalue weighted by atomic mass is 16.3. The summed E-state index contributed by atoms with van der Waals surface area (Å²) >= 11 is 0. The molecule has 120 valence electrons. The van der Waals surface area contributed by atoms with Gasteiger partial charge in [0.15, 0.2) is 0 Å². The van der Waals surface area contributed by atoms with Gasteiger partial charge in [-0.2, -0.15) is 5.10 Å². The minimum Gasteiger partial charge on any atom is -0.508 e. The molecule has 0 unspecified atom stereocenters. The van der Waals surface area contributed by atoms with Gasteiger partial charge >= 0.3 is 0 Å². The van der Waals surface area contributed by atoms with Crippen LogP contribution in [0.25, 0.3) is 10.8 Å². The number of aromatic hydroxyl groups is 2. The topological polar surface area (TPSA) is 81.9 Å². The maximum Gasteiger partial charge on any atom is 0.244 e. The van der Waals surface area contributed by atoms with E-state index in [-0.39, 0.29) is 23.8 Å². The SMILES string of the molecule is O=C(Cc1cccc(O)c1)N/N=C/c1ccc(O)c2ccccc12. The Balaban J connectivity index is 1.70. The summed E-state index contributed by atoms with van der Waals surface area (Å²) in [6, 6.07) is 17.3. The highest BCUT2D eigenvalue weighted by Crippen LogP contribution is 2.26. The van der Waals surface area contributed by atoms with E-state index in [0.29, 0.717) is 5.56 Å². The Kier molecular flexibility index (Phi) is 4.43. The van der Waals surface area contributed by atoms with Crippen LogP contribution in [0.1, 0.15) is 11.1 Å². The second-order valence-electron chi connectivity index (χ2n) is 5.36. The Morgan fingerprint density at radius 3 is 2.58 bits per heavy atom. The number of rotatable bonds is 4. The molecule has 3 aromatic rings. The van der Waals surface area contributed by atoms with Gasteiger partial charge in [0, 0.05) is 10.9 Å². The van der Waals surface area contributed by atoms with Crippen molar-refractivity contribution in [1.29, 1.82) is 0 Å². The van der Waals surface area contributed by atoms with Crippen LogP contribution in [0.4, 0.5) is 0 Å². The van der Waals surface area contributed by atoms with Gasteiger partial charge in [-0.15, -0.1) is 0 Å². The molecule has 0 atom stereocenters. The monoisotopic (exact) mass is 320 g/mol. The van der Waals surface area contributed by atoms with Crippen molar-refractivity contribution in [3.8, 4) is 11.5 Å². The molecule has 1 amide bonds. The average molecular weight is 320 g/mol.